The van der Waals surface area contributed by atoms with E-state index in [1.807, 2.05) is 0 Å². The van der Waals surface area contributed by atoms with Crippen molar-refractivity contribution < 1.29 is 100 Å². The van der Waals surface area contributed by atoms with Gasteiger partial charge in [0.25, 0.3) is 0 Å². The number of carbonyl (C=O) groups excluding carboxylic acids is 2. The van der Waals surface area contributed by atoms with Crippen molar-refractivity contribution in [3.63, 3.8) is 0 Å². The summed E-state index contributed by atoms with van der Waals surface area (Å²) in [5.74, 6) is -4.63. The Labute approximate surface area is 287 Å². The number of aliphatic hydroxyl groups is 10. The van der Waals surface area contributed by atoms with Gasteiger partial charge >= 0.3 is 25.4 Å². The second-order valence-corrected chi connectivity index (χ2v) is 9.98. The molecule has 8 unspecified atom stereocenters. The number of carboxylic acid groups (broad SMARTS) is 3. The zero-order chi connectivity index (χ0) is 36.1. The van der Waals surface area contributed by atoms with Crippen LogP contribution in [0, 0.1) is 0 Å². The zero-order valence-corrected chi connectivity index (χ0v) is 29.7. The summed E-state index contributed by atoms with van der Waals surface area (Å²) < 4.78 is 0. The number of unbranched alkanes of at least 4 members (excludes halogenated alkanes) is 5. The molecule has 0 aromatic heterocycles. The maximum absolute atomic E-state index is 10.3. The topological polar surface area (TPSA) is 320 Å². The third-order valence-electron chi connectivity index (χ3n) is 6.03. The fourth-order valence-corrected chi connectivity index (χ4v) is 3.22. The Morgan fingerprint density at radius 3 is 1.30 bits per heavy atom. The summed E-state index contributed by atoms with van der Waals surface area (Å²) in [5.41, 5.74) is 0. The summed E-state index contributed by atoms with van der Waals surface area (Å²) in [5, 5.41) is 115. The molecule has 8 atom stereocenters. The number of hydrogen-bond donors (Lipinski definition) is 11. The Bertz CT molecular complexity index is 831. The van der Waals surface area contributed by atoms with E-state index in [4.69, 9.17) is 56.2 Å². The monoisotopic (exact) mass is 732 g/mol. The van der Waals surface area contributed by atoms with Crippen LogP contribution in [0.25, 0.3) is 0 Å². The van der Waals surface area contributed by atoms with Gasteiger partial charge in [0.1, 0.15) is 48.8 Å². The second-order valence-electron chi connectivity index (χ2n) is 9.98. The van der Waals surface area contributed by atoms with E-state index in [0.717, 1.165) is 44.9 Å². The van der Waals surface area contributed by atoms with E-state index >= 15 is 0 Å². The molecule has 0 saturated carbocycles. The number of allylic oxidation sites excluding steroid dienone is 6. The van der Waals surface area contributed by atoms with Crippen molar-refractivity contribution in [3.8, 4) is 0 Å². The van der Waals surface area contributed by atoms with E-state index in [-0.39, 0.29) is 19.5 Å². The van der Waals surface area contributed by atoms with Crippen LogP contribution in [0.2, 0.25) is 0 Å². The van der Waals surface area contributed by atoms with Crippen molar-refractivity contribution in [1.82, 2.24) is 0 Å². The van der Waals surface area contributed by atoms with Gasteiger partial charge in [-0.1, -0.05) is 62.6 Å². The first kappa shape index (κ1) is 51.7. The molecular weight excluding hydrogens is 682 g/mol. The summed E-state index contributed by atoms with van der Waals surface area (Å²) in [6.07, 6.45) is 7.22. The second kappa shape index (κ2) is 33.7. The van der Waals surface area contributed by atoms with Crippen LogP contribution in [0.1, 0.15) is 71.1 Å². The number of aliphatic hydroxyl groups excluding tert-OH is 10. The minimum atomic E-state index is -2.31. The normalized spacial score (nSPS) is 16.4. The average molecular weight is 734 g/mol. The molecule has 11 N–H and O–H groups in total. The fraction of sp³-hybridized carbons (Fsp3) is 0.700. The van der Waals surface area contributed by atoms with Gasteiger partial charge in [0.05, 0.1) is 25.2 Å². The third-order valence-corrected chi connectivity index (χ3v) is 6.03. The van der Waals surface area contributed by atoms with Crippen molar-refractivity contribution in [3.05, 3.63) is 36.5 Å². The molecule has 0 spiro atoms. The van der Waals surface area contributed by atoms with Crippen molar-refractivity contribution in [1.29, 1.82) is 0 Å². The van der Waals surface area contributed by atoms with Gasteiger partial charge in [-0.2, -0.15) is 0 Å². The number of hydrogen-bond acceptors (Lipinski definition) is 15. The minimum Gasteiger partial charge on any atom is -0.547 e. The van der Waals surface area contributed by atoms with Gasteiger partial charge in [0.2, 0.25) is 0 Å². The van der Waals surface area contributed by atoms with Gasteiger partial charge in [-0.15, -0.1) is 0 Å². The van der Waals surface area contributed by atoms with Crippen LogP contribution < -0.4 is 10.2 Å². The molecule has 47 heavy (non-hydrogen) atoms. The van der Waals surface area contributed by atoms with E-state index in [9.17, 15) is 24.6 Å². The van der Waals surface area contributed by atoms with Crippen molar-refractivity contribution >= 4 is 17.9 Å². The molecule has 0 aliphatic rings. The molecule has 0 aliphatic carbocycles. The molecule has 0 heterocycles. The number of aliphatic carboxylic acids is 3. The number of rotatable bonds is 23. The van der Waals surface area contributed by atoms with E-state index < -0.39 is 80.0 Å². The fourth-order valence-electron chi connectivity index (χ4n) is 3.22. The summed E-state index contributed by atoms with van der Waals surface area (Å²) in [7, 11) is 0. The van der Waals surface area contributed by atoms with Gasteiger partial charge in [-0.05, 0) is 38.5 Å². The smallest absolute Gasteiger partial charge is 0.547 e. The predicted octanol–water partition coefficient (Wildman–Crippen LogP) is -4.00. The quantitative estimate of drug-likeness (QED) is 0.0271. The summed E-state index contributed by atoms with van der Waals surface area (Å²) >= 11 is 0. The molecule has 270 valence electrons. The Kier molecular flexibility index (Phi) is 37.1. The molecule has 0 fully saturated rings. The Morgan fingerprint density at radius 2 is 0.936 bits per heavy atom. The van der Waals surface area contributed by atoms with Gasteiger partial charge in [0, 0.05) is 6.42 Å². The van der Waals surface area contributed by atoms with E-state index in [0.29, 0.717) is 6.42 Å². The molecule has 0 saturated heterocycles. The summed E-state index contributed by atoms with van der Waals surface area (Å²) in [6.45, 7) is 0.422. The zero-order valence-electron chi connectivity index (χ0n) is 26.7. The van der Waals surface area contributed by atoms with Crippen LogP contribution in [-0.4, -0.2) is 136 Å². The molecule has 0 radical (unpaired) electrons. The van der Waals surface area contributed by atoms with E-state index in [1.54, 1.807) is 0 Å². The van der Waals surface area contributed by atoms with Gasteiger partial charge in [-0.3, -0.25) is 4.79 Å². The molecule has 0 aromatic rings. The maximum atomic E-state index is 10.3. The van der Waals surface area contributed by atoms with Gasteiger partial charge < -0.3 is 76.0 Å². The largest absolute Gasteiger partial charge is 2.00 e. The van der Waals surface area contributed by atoms with E-state index in [1.165, 1.54) is 12.8 Å². The Morgan fingerprint density at radius 1 is 0.574 bits per heavy atom. The molecule has 0 aliphatic heterocycles. The molecular formula is C30H52O16Zn. The third kappa shape index (κ3) is 29.7. The molecule has 0 rings (SSSR count). The minimum absolute atomic E-state index is 0. The molecule has 17 heteroatoms. The molecule has 0 amide bonds. The number of carbonyl (C=O) groups is 3. The standard InChI is InChI=1S/C18H30O2.2C6H12O7.Zn/c1-2-3-4-5-6-7-8-9-10-11-12-13-14-15-16-17-18(19)20;2*7-1-2(8)3(9)4(10)5(11)6(12)13;/h3-4,6-7,9-10H,2,5,8,11-17H2,1H3,(H,19,20);2*2-5,7-11H,1H2,(H,12,13);/q;;;+2/p-2/b4-3-,7-6-,10-9-;;;. The number of carboxylic acids is 3. The summed E-state index contributed by atoms with van der Waals surface area (Å²) in [6, 6.07) is 0. The van der Waals surface area contributed by atoms with Crippen LogP contribution in [0.3, 0.4) is 0 Å². The SMILES string of the molecule is CC/C=C\C/C=C\C/C=C\CCCCCCCC(=O)O.O=C([O-])C(O)C(O)C(O)C(O)CO.O=C([O-])C(O)C(O)C(O)C(O)CO.[Zn+2]. The maximum Gasteiger partial charge on any atom is 2.00 e. The Balaban J connectivity index is -0.000000303. The molecule has 0 aromatic carbocycles. The van der Waals surface area contributed by atoms with Crippen molar-refractivity contribution in [2.24, 2.45) is 0 Å². The van der Waals surface area contributed by atoms with Crippen LogP contribution >= 0.6 is 0 Å². The van der Waals surface area contributed by atoms with Gasteiger partial charge in [0.15, 0.2) is 0 Å². The van der Waals surface area contributed by atoms with Crippen molar-refractivity contribution in [2.45, 2.75) is 120 Å². The molecule has 16 nitrogen and oxygen atoms in total. The first-order chi connectivity index (χ1) is 21.6. The van der Waals surface area contributed by atoms with Gasteiger partial charge in [-0.25, -0.2) is 0 Å². The van der Waals surface area contributed by atoms with Crippen LogP contribution in [-0.2, 0) is 33.9 Å². The van der Waals surface area contributed by atoms with E-state index in [2.05, 4.69) is 43.4 Å². The first-order valence-electron chi connectivity index (χ1n) is 14.8. The van der Waals surface area contributed by atoms with Crippen LogP contribution in [0.5, 0.6) is 0 Å². The predicted molar refractivity (Wildman–Crippen MR) is 159 cm³/mol. The van der Waals surface area contributed by atoms with Crippen LogP contribution in [0.4, 0.5) is 0 Å². The Hall–Kier alpha value is -2.15. The van der Waals surface area contributed by atoms with Crippen molar-refractivity contribution in [2.75, 3.05) is 13.2 Å². The molecule has 0 bridgehead atoms. The average Bonchev–Trinajstić information content (AvgIpc) is 3.03. The summed E-state index contributed by atoms with van der Waals surface area (Å²) in [4.78, 5) is 30.3. The first-order valence-corrected chi connectivity index (χ1v) is 14.8. The van der Waals surface area contributed by atoms with Crippen LogP contribution in [0.15, 0.2) is 36.5 Å².